The van der Waals surface area contributed by atoms with Gasteiger partial charge < -0.3 is 10.6 Å². The first-order chi connectivity index (χ1) is 12.7. The van der Waals surface area contributed by atoms with Crippen LogP contribution in [0.15, 0.2) is 28.6 Å². The monoisotopic (exact) mass is 390 g/mol. The molecule has 1 aromatic carbocycles. The van der Waals surface area contributed by atoms with Crippen LogP contribution in [0.5, 0.6) is 0 Å². The average Bonchev–Trinajstić information content (AvgIpc) is 3.03. The third kappa shape index (κ3) is 6.29. The normalized spacial score (nSPS) is 15.9. The van der Waals surface area contributed by atoms with Crippen molar-refractivity contribution in [2.24, 2.45) is 0 Å². The van der Waals surface area contributed by atoms with Crippen molar-refractivity contribution in [1.29, 1.82) is 0 Å². The molecule has 7 heteroatoms. The molecule has 0 spiro atoms. The summed E-state index contributed by atoms with van der Waals surface area (Å²) in [4.78, 5) is 12.2. The number of aromatic nitrogens is 2. The van der Waals surface area contributed by atoms with Gasteiger partial charge in [0.25, 0.3) is 0 Å². The number of nitrogens with one attached hydrogen (secondary N) is 2. The average molecular weight is 391 g/mol. The zero-order valence-corrected chi connectivity index (χ0v) is 16.8. The molecule has 140 valence electrons. The Morgan fingerprint density at radius 2 is 1.96 bits per heavy atom. The highest BCUT2D eigenvalue weighted by molar-refractivity contribution is 8.01. The SMILES string of the molecule is Cc1cccc(Nc2nnc(SCC(=O)NC3CCCCCCC3)s2)c1. The third-order valence-corrected chi connectivity index (χ3v) is 6.44. The zero-order valence-electron chi connectivity index (χ0n) is 15.2. The number of carbonyl (C=O) groups excluding carboxylic acids is 1. The van der Waals surface area contributed by atoms with Gasteiger partial charge in [-0.1, -0.05) is 67.3 Å². The maximum Gasteiger partial charge on any atom is 0.230 e. The van der Waals surface area contributed by atoms with Crippen molar-refractivity contribution in [1.82, 2.24) is 15.5 Å². The summed E-state index contributed by atoms with van der Waals surface area (Å²) < 4.78 is 0.813. The molecule has 0 saturated heterocycles. The smallest absolute Gasteiger partial charge is 0.230 e. The van der Waals surface area contributed by atoms with E-state index >= 15 is 0 Å². The molecular formula is C19H26N4OS2. The molecule has 0 bridgehead atoms. The van der Waals surface area contributed by atoms with Crippen LogP contribution < -0.4 is 10.6 Å². The van der Waals surface area contributed by atoms with Gasteiger partial charge in [0.15, 0.2) is 4.34 Å². The van der Waals surface area contributed by atoms with E-state index in [-0.39, 0.29) is 5.91 Å². The third-order valence-electron chi connectivity index (χ3n) is 4.47. The quantitative estimate of drug-likeness (QED) is 0.686. The van der Waals surface area contributed by atoms with Gasteiger partial charge >= 0.3 is 0 Å². The Labute approximate surface area is 163 Å². The number of nitrogens with zero attached hydrogens (tertiary/aromatic N) is 2. The van der Waals surface area contributed by atoms with E-state index in [1.165, 1.54) is 60.8 Å². The van der Waals surface area contributed by atoms with Crippen molar-refractivity contribution in [2.75, 3.05) is 11.1 Å². The van der Waals surface area contributed by atoms with Crippen molar-refractivity contribution in [3.63, 3.8) is 0 Å². The maximum atomic E-state index is 12.2. The molecule has 2 N–H and O–H groups in total. The lowest BCUT2D eigenvalue weighted by Crippen LogP contribution is -2.36. The van der Waals surface area contributed by atoms with Gasteiger partial charge in [-0.3, -0.25) is 4.79 Å². The van der Waals surface area contributed by atoms with Crippen LogP contribution in [-0.4, -0.2) is 27.9 Å². The predicted molar refractivity (Wildman–Crippen MR) is 109 cm³/mol. The molecule has 1 amide bonds. The highest BCUT2D eigenvalue weighted by Gasteiger charge is 2.15. The minimum absolute atomic E-state index is 0.101. The number of hydrogen-bond acceptors (Lipinski definition) is 6. The van der Waals surface area contributed by atoms with Crippen LogP contribution in [0.4, 0.5) is 10.8 Å². The van der Waals surface area contributed by atoms with Gasteiger partial charge in [-0.15, -0.1) is 10.2 Å². The summed E-state index contributed by atoms with van der Waals surface area (Å²) in [7, 11) is 0. The molecule has 0 aliphatic heterocycles. The lowest BCUT2D eigenvalue weighted by Gasteiger charge is -2.20. The Balaban J connectivity index is 1.44. The van der Waals surface area contributed by atoms with E-state index in [1.807, 2.05) is 12.1 Å². The first-order valence-electron chi connectivity index (χ1n) is 9.28. The molecule has 26 heavy (non-hydrogen) atoms. The topological polar surface area (TPSA) is 66.9 Å². The van der Waals surface area contributed by atoms with Crippen LogP contribution in [0.1, 0.15) is 50.5 Å². The molecule has 5 nitrogen and oxygen atoms in total. The summed E-state index contributed by atoms with van der Waals surface area (Å²) in [6, 6.07) is 8.48. The lowest BCUT2D eigenvalue weighted by molar-refractivity contribution is -0.119. The lowest BCUT2D eigenvalue weighted by atomic mass is 9.97. The minimum Gasteiger partial charge on any atom is -0.353 e. The summed E-state index contributed by atoms with van der Waals surface area (Å²) in [6.45, 7) is 2.06. The number of hydrogen-bond donors (Lipinski definition) is 2. The number of anilines is 2. The van der Waals surface area contributed by atoms with Crippen LogP contribution in [0, 0.1) is 6.92 Å². The van der Waals surface area contributed by atoms with E-state index in [4.69, 9.17) is 0 Å². The summed E-state index contributed by atoms with van der Waals surface area (Å²) >= 11 is 2.93. The molecule has 1 saturated carbocycles. The van der Waals surface area contributed by atoms with Gasteiger partial charge in [0.2, 0.25) is 11.0 Å². The Hall–Kier alpha value is -1.60. The van der Waals surface area contributed by atoms with Gasteiger partial charge in [0.1, 0.15) is 0 Å². The largest absolute Gasteiger partial charge is 0.353 e. The molecule has 1 fully saturated rings. The van der Waals surface area contributed by atoms with Crippen LogP contribution in [-0.2, 0) is 4.79 Å². The van der Waals surface area contributed by atoms with Crippen LogP contribution in [0.25, 0.3) is 0 Å². The van der Waals surface area contributed by atoms with E-state index in [0.717, 1.165) is 28.0 Å². The van der Waals surface area contributed by atoms with E-state index in [9.17, 15) is 4.79 Å². The first kappa shape index (κ1) is 19.2. The second kappa shape index (κ2) is 9.92. The highest BCUT2D eigenvalue weighted by Crippen LogP contribution is 2.28. The molecule has 1 aliphatic rings. The fraction of sp³-hybridized carbons (Fsp3) is 0.526. The van der Waals surface area contributed by atoms with Crippen LogP contribution in [0.3, 0.4) is 0 Å². The van der Waals surface area contributed by atoms with E-state index < -0.39 is 0 Å². The number of carbonyl (C=O) groups is 1. The Morgan fingerprint density at radius 3 is 2.73 bits per heavy atom. The molecule has 1 aromatic heterocycles. The standard InChI is InChI=1S/C19H26N4OS2/c1-14-8-7-11-16(12-14)21-18-22-23-19(26-18)25-13-17(24)20-15-9-5-3-2-4-6-10-15/h7-8,11-12,15H,2-6,9-10,13H2,1H3,(H,20,24)(H,21,22). The van der Waals surface area contributed by atoms with Crippen LogP contribution in [0.2, 0.25) is 0 Å². The molecule has 1 aliphatic carbocycles. The van der Waals surface area contributed by atoms with Crippen molar-refractivity contribution in [2.45, 2.75) is 62.3 Å². The number of benzene rings is 1. The number of aryl methyl sites for hydroxylation is 1. The van der Waals surface area contributed by atoms with Gasteiger partial charge in [-0.2, -0.15) is 0 Å². The van der Waals surface area contributed by atoms with Crippen molar-refractivity contribution < 1.29 is 4.79 Å². The summed E-state index contributed by atoms with van der Waals surface area (Å²) in [5, 5.41) is 15.5. The molecule has 3 rings (SSSR count). The van der Waals surface area contributed by atoms with Crippen molar-refractivity contribution >= 4 is 39.8 Å². The fourth-order valence-corrected chi connectivity index (χ4v) is 4.75. The molecule has 0 atom stereocenters. The fourth-order valence-electron chi connectivity index (χ4n) is 3.16. The summed E-state index contributed by atoms with van der Waals surface area (Å²) in [5.74, 6) is 0.499. The molecule has 0 unspecified atom stereocenters. The molecular weight excluding hydrogens is 364 g/mol. The van der Waals surface area contributed by atoms with E-state index in [2.05, 4.69) is 39.9 Å². The Kier molecular flexibility index (Phi) is 7.32. The zero-order chi connectivity index (χ0) is 18.2. The molecule has 1 heterocycles. The summed E-state index contributed by atoms with van der Waals surface area (Å²) in [6.07, 6.45) is 8.60. The minimum atomic E-state index is 0.101. The van der Waals surface area contributed by atoms with Crippen molar-refractivity contribution in [3.05, 3.63) is 29.8 Å². The van der Waals surface area contributed by atoms with Crippen molar-refractivity contribution in [3.8, 4) is 0 Å². The summed E-state index contributed by atoms with van der Waals surface area (Å²) in [5.41, 5.74) is 2.19. The van der Waals surface area contributed by atoms with Gasteiger partial charge in [-0.05, 0) is 37.5 Å². The van der Waals surface area contributed by atoms with E-state index in [0.29, 0.717) is 11.8 Å². The Morgan fingerprint density at radius 1 is 1.19 bits per heavy atom. The highest BCUT2D eigenvalue weighted by atomic mass is 32.2. The molecule has 2 aromatic rings. The first-order valence-corrected chi connectivity index (χ1v) is 11.1. The van der Waals surface area contributed by atoms with E-state index in [1.54, 1.807) is 0 Å². The maximum absolute atomic E-state index is 12.2. The van der Waals surface area contributed by atoms with Crippen LogP contribution >= 0.6 is 23.1 Å². The number of amides is 1. The second-order valence-electron chi connectivity index (χ2n) is 6.77. The van der Waals surface area contributed by atoms with Gasteiger partial charge in [0.05, 0.1) is 5.75 Å². The number of rotatable bonds is 6. The molecule has 0 radical (unpaired) electrons. The Bertz CT molecular complexity index is 711. The predicted octanol–water partition coefficient (Wildman–Crippen LogP) is 4.91. The van der Waals surface area contributed by atoms with Gasteiger partial charge in [-0.25, -0.2) is 0 Å². The van der Waals surface area contributed by atoms with Gasteiger partial charge in [0, 0.05) is 11.7 Å². The number of thioether (sulfide) groups is 1. The second-order valence-corrected chi connectivity index (χ2v) is 8.97.